The average Bonchev–Trinajstić information content (AvgIpc) is 2.50. The van der Waals surface area contributed by atoms with Gasteiger partial charge < -0.3 is 9.84 Å². The van der Waals surface area contributed by atoms with Gasteiger partial charge in [0, 0.05) is 17.0 Å². The summed E-state index contributed by atoms with van der Waals surface area (Å²) in [7, 11) is 0. The van der Waals surface area contributed by atoms with Gasteiger partial charge in [0.1, 0.15) is 11.6 Å². The minimum Gasteiger partial charge on any atom is -0.438 e. The van der Waals surface area contributed by atoms with Crippen molar-refractivity contribution in [2.24, 2.45) is 0 Å². The van der Waals surface area contributed by atoms with E-state index in [1.165, 1.54) is 12.1 Å². The number of para-hydroxylation sites is 1. The smallest absolute Gasteiger partial charge is 0.225 e. The number of benzene rings is 2. The molecule has 0 saturated carbocycles. The lowest BCUT2D eigenvalue weighted by atomic mass is 10.1. The van der Waals surface area contributed by atoms with Gasteiger partial charge >= 0.3 is 0 Å². The van der Waals surface area contributed by atoms with Crippen molar-refractivity contribution in [3.05, 3.63) is 65.5 Å². The molecule has 0 spiro atoms. The molecule has 0 saturated heterocycles. The largest absolute Gasteiger partial charge is 0.438 e. The Kier molecular flexibility index (Phi) is 3.54. The third-order valence-electron chi connectivity index (χ3n) is 3.29. The van der Waals surface area contributed by atoms with Crippen molar-refractivity contribution in [3.63, 3.8) is 0 Å². The van der Waals surface area contributed by atoms with Gasteiger partial charge in [0.25, 0.3) is 0 Å². The van der Waals surface area contributed by atoms with Crippen molar-refractivity contribution >= 4 is 10.9 Å². The molecule has 0 fully saturated rings. The number of aliphatic hydroxyl groups is 1. The maximum atomic E-state index is 13.3. The van der Waals surface area contributed by atoms with Crippen LogP contribution in [0.2, 0.25) is 0 Å². The number of ether oxygens (including phenoxy) is 1. The lowest BCUT2D eigenvalue weighted by molar-refractivity contribution is 0.275. The van der Waals surface area contributed by atoms with E-state index in [2.05, 4.69) is 4.98 Å². The van der Waals surface area contributed by atoms with Gasteiger partial charge in [0.2, 0.25) is 5.88 Å². The zero-order chi connectivity index (χ0) is 14.8. The maximum absolute atomic E-state index is 13.3. The fourth-order valence-electron chi connectivity index (χ4n) is 2.13. The first-order chi connectivity index (χ1) is 10.2. The number of aromatic nitrogens is 1. The minimum absolute atomic E-state index is 0.193. The molecule has 0 bridgehead atoms. The van der Waals surface area contributed by atoms with Gasteiger partial charge in [-0.15, -0.1) is 0 Å². The molecular weight excluding hydrogens is 269 g/mol. The van der Waals surface area contributed by atoms with Crippen LogP contribution in [0.5, 0.6) is 11.6 Å². The predicted molar refractivity (Wildman–Crippen MR) is 78.9 cm³/mol. The summed E-state index contributed by atoms with van der Waals surface area (Å²) in [6.45, 7) is 1.63. The van der Waals surface area contributed by atoms with Gasteiger partial charge in [-0.05, 0) is 30.7 Å². The molecule has 0 aliphatic rings. The Balaban J connectivity index is 2.08. The summed E-state index contributed by atoms with van der Waals surface area (Å²) < 4.78 is 19.0. The monoisotopic (exact) mass is 283 g/mol. The highest BCUT2D eigenvalue weighted by atomic mass is 19.1. The Labute approximate surface area is 121 Å². The van der Waals surface area contributed by atoms with E-state index in [0.29, 0.717) is 17.2 Å². The lowest BCUT2D eigenvalue weighted by Crippen LogP contribution is -1.97. The zero-order valence-electron chi connectivity index (χ0n) is 11.5. The molecule has 21 heavy (non-hydrogen) atoms. The number of halogens is 1. The lowest BCUT2D eigenvalue weighted by Gasteiger charge is -2.12. The Morgan fingerprint density at radius 2 is 1.95 bits per heavy atom. The maximum Gasteiger partial charge on any atom is 0.225 e. The SMILES string of the molecule is Cc1ccc(F)cc1Oc1nc2ccccc2cc1CO. The molecule has 1 heterocycles. The minimum atomic E-state index is -0.373. The summed E-state index contributed by atoms with van der Waals surface area (Å²) in [6, 6.07) is 13.7. The second-order valence-electron chi connectivity index (χ2n) is 4.82. The van der Waals surface area contributed by atoms with Gasteiger partial charge in [-0.3, -0.25) is 0 Å². The van der Waals surface area contributed by atoms with Crippen LogP contribution in [0.25, 0.3) is 10.9 Å². The van der Waals surface area contributed by atoms with Crippen LogP contribution < -0.4 is 4.74 Å². The van der Waals surface area contributed by atoms with E-state index in [9.17, 15) is 9.50 Å². The molecule has 3 aromatic rings. The number of aryl methyl sites for hydroxylation is 1. The van der Waals surface area contributed by atoms with E-state index in [1.807, 2.05) is 37.3 Å². The Bertz CT molecular complexity index is 802. The van der Waals surface area contributed by atoms with Crippen molar-refractivity contribution in [3.8, 4) is 11.6 Å². The van der Waals surface area contributed by atoms with Crippen LogP contribution in [0.15, 0.2) is 48.5 Å². The third kappa shape index (κ3) is 2.71. The van der Waals surface area contributed by atoms with E-state index >= 15 is 0 Å². The first-order valence-corrected chi connectivity index (χ1v) is 6.61. The second-order valence-corrected chi connectivity index (χ2v) is 4.82. The number of rotatable bonds is 3. The van der Waals surface area contributed by atoms with Gasteiger partial charge in [-0.25, -0.2) is 9.37 Å². The average molecular weight is 283 g/mol. The molecule has 0 radical (unpaired) electrons. The van der Waals surface area contributed by atoms with Gasteiger partial charge in [-0.2, -0.15) is 0 Å². The van der Waals surface area contributed by atoms with Crippen molar-refractivity contribution < 1.29 is 14.2 Å². The van der Waals surface area contributed by atoms with Crippen LogP contribution in [0.4, 0.5) is 4.39 Å². The van der Waals surface area contributed by atoms with Crippen molar-refractivity contribution in [1.29, 1.82) is 0 Å². The quantitative estimate of drug-likeness (QED) is 0.791. The summed E-state index contributed by atoms with van der Waals surface area (Å²) in [5.74, 6) is 0.319. The van der Waals surface area contributed by atoms with Crippen LogP contribution in [-0.4, -0.2) is 10.1 Å². The molecule has 106 valence electrons. The van der Waals surface area contributed by atoms with Crippen LogP contribution >= 0.6 is 0 Å². The molecule has 0 aliphatic carbocycles. The number of aliphatic hydroxyl groups excluding tert-OH is 1. The summed E-state index contributed by atoms with van der Waals surface area (Å²) in [5.41, 5.74) is 2.13. The van der Waals surface area contributed by atoms with E-state index in [0.717, 1.165) is 16.5 Å². The van der Waals surface area contributed by atoms with Gasteiger partial charge in [0.05, 0.1) is 12.1 Å². The fourth-order valence-corrected chi connectivity index (χ4v) is 2.13. The number of nitrogens with zero attached hydrogens (tertiary/aromatic N) is 1. The molecule has 0 amide bonds. The number of pyridine rings is 1. The zero-order valence-corrected chi connectivity index (χ0v) is 11.5. The Morgan fingerprint density at radius 1 is 1.14 bits per heavy atom. The number of fused-ring (bicyclic) bond motifs is 1. The Hall–Kier alpha value is -2.46. The second kappa shape index (κ2) is 5.50. The van der Waals surface area contributed by atoms with Crippen molar-refractivity contribution in [1.82, 2.24) is 4.98 Å². The third-order valence-corrected chi connectivity index (χ3v) is 3.29. The summed E-state index contributed by atoms with van der Waals surface area (Å²) in [5, 5.41) is 10.4. The topological polar surface area (TPSA) is 42.4 Å². The van der Waals surface area contributed by atoms with Crippen molar-refractivity contribution in [2.75, 3.05) is 0 Å². The molecule has 1 aromatic heterocycles. The molecular formula is C17H14FNO2. The summed E-state index contributed by atoms with van der Waals surface area (Å²) in [6.07, 6.45) is 0. The molecule has 0 atom stereocenters. The van der Waals surface area contributed by atoms with E-state index in [1.54, 1.807) is 6.07 Å². The van der Waals surface area contributed by atoms with Gasteiger partial charge in [0.15, 0.2) is 0 Å². The first kappa shape index (κ1) is 13.5. The number of hydrogen-bond acceptors (Lipinski definition) is 3. The van der Waals surface area contributed by atoms with Crippen LogP contribution in [0, 0.1) is 12.7 Å². The molecule has 4 heteroatoms. The number of hydrogen-bond donors (Lipinski definition) is 1. The van der Waals surface area contributed by atoms with Gasteiger partial charge in [-0.1, -0.05) is 24.3 Å². The van der Waals surface area contributed by atoms with E-state index < -0.39 is 0 Å². The first-order valence-electron chi connectivity index (χ1n) is 6.61. The summed E-state index contributed by atoms with van der Waals surface area (Å²) in [4.78, 5) is 4.41. The fraction of sp³-hybridized carbons (Fsp3) is 0.118. The van der Waals surface area contributed by atoms with Crippen molar-refractivity contribution in [2.45, 2.75) is 13.5 Å². The normalized spacial score (nSPS) is 10.8. The highest BCUT2D eigenvalue weighted by Crippen LogP contribution is 2.29. The van der Waals surface area contributed by atoms with Crippen LogP contribution in [0.1, 0.15) is 11.1 Å². The van der Waals surface area contributed by atoms with E-state index in [4.69, 9.17) is 4.74 Å². The highest BCUT2D eigenvalue weighted by molar-refractivity contribution is 5.80. The van der Waals surface area contributed by atoms with Crippen LogP contribution in [0.3, 0.4) is 0 Å². The molecule has 2 aromatic carbocycles. The standard InChI is InChI=1S/C17H14FNO2/c1-11-6-7-14(18)9-16(11)21-17-13(10-20)8-12-4-2-3-5-15(12)19-17/h2-9,20H,10H2,1H3. The summed E-state index contributed by atoms with van der Waals surface area (Å²) >= 11 is 0. The van der Waals surface area contributed by atoms with Crippen LogP contribution in [-0.2, 0) is 6.61 Å². The molecule has 3 nitrogen and oxygen atoms in total. The molecule has 1 N–H and O–H groups in total. The molecule has 0 unspecified atom stereocenters. The molecule has 0 aliphatic heterocycles. The Morgan fingerprint density at radius 3 is 2.76 bits per heavy atom. The predicted octanol–water partition coefficient (Wildman–Crippen LogP) is 3.97. The highest BCUT2D eigenvalue weighted by Gasteiger charge is 2.10. The molecule has 3 rings (SSSR count). The van der Waals surface area contributed by atoms with E-state index in [-0.39, 0.29) is 12.4 Å².